The van der Waals surface area contributed by atoms with Crippen LogP contribution in [0.15, 0.2) is 41.4 Å². The molecular formula is C12H9ClIN3O2S2. The lowest BCUT2D eigenvalue weighted by Gasteiger charge is -2.12. The molecule has 0 saturated carbocycles. The van der Waals surface area contributed by atoms with Crippen LogP contribution in [0, 0.1) is 3.57 Å². The molecule has 1 heterocycles. The van der Waals surface area contributed by atoms with Gasteiger partial charge in [0.05, 0.1) is 5.69 Å². The molecule has 3 N–H and O–H groups in total. The van der Waals surface area contributed by atoms with E-state index in [9.17, 15) is 8.42 Å². The van der Waals surface area contributed by atoms with Crippen molar-refractivity contribution in [2.24, 2.45) is 5.73 Å². The van der Waals surface area contributed by atoms with Crippen molar-refractivity contribution >= 4 is 67.1 Å². The maximum atomic E-state index is 12.5. The van der Waals surface area contributed by atoms with E-state index in [1.54, 1.807) is 18.2 Å². The fourth-order valence-corrected chi connectivity index (χ4v) is 4.23. The van der Waals surface area contributed by atoms with E-state index in [1.165, 1.54) is 18.3 Å². The van der Waals surface area contributed by atoms with Gasteiger partial charge in [0, 0.05) is 14.8 Å². The summed E-state index contributed by atoms with van der Waals surface area (Å²) >= 11 is 12.7. The molecule has 1 aromatic carbocycles. The summed E-state index contributed by atoms with van der Waals surface area (Å²) in [5, 5.41) is 0.521. The van der Waals surface area contributed by atoms with Crippen LogP contribution in [0.2, 0.25) is 5.02 Å². The second kappa shape index (κ2) is 6.42. The van der Waals surface area contributed by atoms with Gasteiger partial charge in [0.25, 0.3) is 10.0 Å². The lowest BCUT2D eigenvalue weighted by molar-refractivity contribution is 0.600. The van der Waals surface area contributed by atoms with Crippen molar-refractivity contribution in [1.82, 2.24) is 4.98 Å². The number of nitrogens with zero attached hydrogens (tertiary/aromatic N) is 1. The molecule has 0 aliphatic carbocycles. The maximum Gasteiger partial charge on any atom is 0.264 e. The van der Waals surface area contributed by atoms with Crippen LogP contribution in [0.5, 0.6) is 0 Å². The number of nitrogens with two attached hydrogens (primary N) is 1. The lowest BCUT2D eigenvalue weighted by atomic mass is 10.3. The van der Waals surface area contributed by atoms with Gasteiger partial charge in [0.15, 0.2) is 0 Å². The molecule has 0 unspecified atom stereocenters. The molecule has 0 atom stereocenters. The summed E-state index contributed by atoms with van der Waals surface area (Å²) in [4.78, 5) is 3.77. The normalized spacial score (nSPS) is 11.1. The standard InChI is InChI=1S/C12H9ClIN3O2S2/c13-7-3-4-9(8(14)6-7)17-21(18,19)10-2-1-5-16-11(10)12(15)20/h1-6,17H,(H2,15,20). The molecule has 2 aromatic rings. The summed E-state index contributed by atoms with van der Waals surface area (Å²) in [7, 11) is -3.85. The topological polar surface area (TPSA) is 85.1 Å². The number of hydrogen-bond donors (Lipinski definition) is 2. The predicted octanol–water partition coefficient (Wildman–Crippen LogP) is 2.77. The predicted molar refractivity (Wildman–Crippen MR) is 95.1 cm³/mol. The Balaban J connectivity index is 2.46. The van der Waals surface area contributed by atoms with E-state index in [4.69, 9.17) is 29.6 Å². The van der Waals surface area contributed by atoms with Gasteiger partial charge in [-0.2, -0.15) is 0 Å². The van der Waals surface area contributed by atoms with Crippen LogP contribution < -0.4 is 10.5 Å². The Bertz CT molecular complexity index is 812. The van der Waals surface area contributed by atoms with Crippen LogP contribution in [0.4, 0.5) is 5.69 Å². The van der Waals surface area contributed by atoms with Gasteiger partial charge < -0.3 is 5.73 Å². The third kappa shape index (κ3) is 3.82. The molecule has 1 aromatic heterocycles. The molecule has 0 saturated heterocycles. The van der Waals surface area contributed by atoms with Gasteiger partial charge in [0.2, 0.25) is 0 Å². The van der Waals surface area contributed by atoms with Gasteiger partial charge >= 0.3 is 0 Å². The second-order valence-corrected chi connectivity index (χ2v) is 7.63. The zero-order valence-electron chi connectivity index (χ0n) is 10.4. The van der Waals surface area contributed by atoms with Crippen LogP contribution >= 0.6 is 46.4 Å². The highest BCUT2D eigenvalue weighted by atomic mass is 127. The van der Waals surface area contributed by atoms with Gasteiger partial charge in [-0.1, -0.05) is 23.8 Å². The van der Waals surface area contributed by atoms with Gasteiger partial charge in [0.1, 0.15) is 15.6 Å². The zero-order chi connectivity index (χ0) is 15.6. The summed E-state index contributed by atoms with van der Waals surface area (Å²) in [6.07, 6.45) is 1.43. The van der Waals surface area contributed by atoms with Crippen LogP contribution in [-0.4, -0.2) is 18.4 Å². The molecule has 0 fully saturated rings. The van der Waals surface area contributed by atoms with E-state index in [0.717, 1.165) is 0 Å². The van der Waals surface area contributed by atoms with E-state index >= 15 is 0 Å². The molecular weight excluding hydrogens is 445 g/mol. The van der Waals surface area contributed by atoms with E-state index in [-0.39, 0.29) is 15.6 Å². The minimum Gasteiger partial charge on any atom is -0.388 e. The molecule has 0 aliphatic heterocycles. The third-order valence-electron chi connectivity index (χ3n) is 2.47. The molecule has 21 heavy (non-hydrogen) atoms. The highest BCUT2D eigenvalue weighted by Gasteiger charge is 2.21. The number of thiocarbonyl (C=S) groups is 1. The number of nitrogens with one attached hydrogen (secondary N) is 1. The quantitative estimate of drug-likeness (QED) is 0.549. The molecule has 0 radical (unpaired) electrons. The number of hydrogen-bond acceptors (Lipinski definition) is 4. The molecule has 9 heteroatoms. The van der Waals surface area contributed by atoms with Crippen molar-refractivity contribution in [3.05, 3.63) is 50.8 Å². The fourth-order valence-electron chi connectivity index (χ4n) is 1.56. The first kappa shape index (κ1) is 16.4. The second-order valence-electron chi connectivity index (χ2n) is 3.94. The Labute approximate surface area is 146 Å². The zero-order valence-corrected chi connectivity index (χ0v) is 14.9. The summed E-state index contributed by atoms with van der Waals surface area (Å²) in [5.74, 6) is 0. The molecule has 5 nitrogen and oxygen atoms in total. The van der Waals surface area contributed by atoms with Gasteiger partial charge in [-0.25, -0.2) is 8.42 Å². The van der Waals surface area contributed by atoms with Crippen molar-refractivity contribution in [3.8, 4) is 0 Å². The molecule has 0 aliphatic rings. The number of pyridine rings is 1. The number of sulfonamides is 1. The Morgan fingerprint density at radius 1 is 1.38 bits per heavy atom. The minimum absolute atomic E-state index is 0.0592. The monoisotopic (exact) mass is 453 g/mol. The average Bonchev–Trinajstić information content (AvgIpc) is 2.42. The summed E-state index contributed by atoms with van der Waals surface area (Å²) in [6, 6.07) is 7.73. The number of aromatic nitrogens is 1. The fraction of sp³-hybridized carbons (Fsp3) is 0. The van der Waals surface area contributed by atoms with Crippen LogP contribution in [0.1, 0.15) is 5.69 Å². The average molecular weight is 454 g/mol. The minimum atomic E-state index is -3.85. The lowest BCUT2D eigenvalue weighted by Crippen LogP contribution is -2.21. The highest BCUT2D eigenvalue weighted by Crippen LogP contribution is 2.25. The van der Waals surface area contributed by atoms with Crippen LogP contribution in [0.25, 0.3) is 0 Å². The van der Waals surface area contributed by atoms with Gasteiger partial charge in [-0.15, -0.1) is 0 Å². The first-order chi connectivity index (χ1) is 9.81. The number of benzene rings is 1. The Kier molecular flexibility index (Phi) is 5.02. The van der Waals surface area contributed by atoms with E-state index < -0.39 is 10.0 Å². The first-order valence-electron chi connectivity index (χ1n) is 5.54. The summed E-state index contributed by atoms with van der Waals surface area (Å²) in [6.45, 7) is 0. The van der Waals surface area contributed by atoms with Crippen molar-refractivity contribution in [2.75, 3.05) is 4.72 Å². The number of rotatable bonds is 4. The molecule has 0 bridgehead atoms. The SMILES string of the molecule is NC(=S)c1ncccc1S(=O)(=O)Nc1ccc(Cl)cc1I. The van der Waals surface area contributed by atoms with Gasteiger partial charge in [-0.05, 0) is 52.9 Å². The van der Waals surface area contributed by atoms with E-state index in [2.05, 4.69) is 9.71 Å². The first-order valence-corrected chi connectivity index (χ1v) is 8.89. The summed E-state index contributed by atoms with van der Waals surface area (Å²) in [5.41, 5.74) is 5.99. The smallest absolute Gasteiger partial charge is 0.264 e. The molecule has 0 amide bonds. The van der Waals surface area contributed by atoms with Crippen molar-refractivity contribution in [3.63, 3.8) is 0 Å². The van der Waals surface area contributed by atoms with Crippen LogP contribution in [-0.2, 0) is 10.0 Å². The largest absolute Gasteiger partial charge is 0.388 e. The van der Waals surface area contributed by atoms with Gasteiger partial charge in [-0.3, -0.25) is 9.71 Å². The summed E-state index contributed by atoms with van der Waals surface area (Å²) < 4.78 is 28.1. The van der Waals surface area contributed by atoms with Crippen molar-refractivity contribution < 1.29 is 8.42 Å². The van der Waals surface area contributed by atoms with E-state index in [0.29, 0.717) is 14.3 Å². The number of halogens is 2. The Morgan fingerprint density at radius 2 is 2.10 bits per heavy atom. The number of anilines is 1. The van der Waals surface area contributed by atoms with Crippen molar-refractivity contribution in [1.29, 1.82) is 0 Å². The van der Waals surface area contributed by atoms with Crippen molar-refractivity contribution in [2.45, 2.75) is 4.90 Å². The van der Waals surface area contributed by atoms with Crippen LogP contribution in [0.3, 0.4) is 0 Å². The van der Waals surface area contributed by atoms with E-state index in [1.807, 2.05) is 22.6 Å². The Morgan fingerprint density at radius 3 is 2.71 bits per heavy atom. The molecule has 110 valence electrons. The third-order valence-corrected chi connectivity index (χ3v) is 5.19. The highest BCUT2D eigenvalue weighted by molar-refractivity contribution is 14.1. The molecule has 0 spiro atoms. The molecule has 2 rings (SSSR count). The Hall–Kier alpha value is -0.970. The maximum absolute atomic E-state index is 12.5.